The Morgan fingerprint density at radius 3 is 2.71 bits per heavy atom. The summed E-state index contributed by atoms with van der Waals surface area (Å²) in [7, 11) is 0. The zero-order valence-corrected chi connectivity index (χ0v) is 15.5. The van der Waals surface area contributed by atoms with E-state index in [1.807, 2.05) is 13.0 Å². The first kappa shape index (κ1) is 18.4. The van der Waals surface area contributed by atoms with E-state index in [2.05, 4.69) is 68.6 Å². The third-order valence-corrected chi connectivity index (χ3v) is 4.29. The third-order valence-electron chi connectivity index (χ3n) is 4.29. The number of benzene rings is 1. The molecule has 0 atom stereocenters. The number of nitrogens with one attached hydrogen (secondary N) is 1. The molecule has 0 heterocycles. The first-order valence-corrected chi connectivity index (χ1v) is 8.90. The molecular weight excluding hydrogens is 292 g/mol. The van der Waals surface area contributed by atoms with Crippen molar-refractivity contribution < 1.29 is 0 Å². The van der Waals surface area contributed by atoms with E-state index in [4.69, 9.17) is 4.99 Å². The Bertz CT molecular complexity index is 658. The van der Waals surface area contributed by atoms with Crippen LogP contribution < -0.4 is 5.32 Å². The van der Waals surface area contributed by atoms with Gasteiger partial charge >= 0.3 is 0 Å². The van der Waals surface area contributed by atoms with E-state index in [0.717, 1.165) is 18.8 Å². The van der Waals surface area contributed by atoms with Crippen LogP contribution >= 0.6 is 0 Å². The van der Waals surface area contributed by atoms with E-state index in [9.17, 15) is 0 Å². The molecule has 0 bridgehead atoms. The lowest BCUT2D eigenvalue weighted by molar-refractivity contribution is 0.731. The molecular formula is C22H30N2. The normalized spacial score (nSPS) is 16.9. The zero-order chi connectivity index (χ0) is 17.4. The van der Waals surface area contributed by atoms with Crippen LogP contribution in [0.3, 0.4) is 0 Å². The van der Waals surface area contributed by atoms with Gasteiger partial charge in [-0.05, 0) is 57.6 Å². The van der Waals surface area contributed by atoms with Gasteiger partial charge in [0, 0.05) is 18.8 Å². The summed E-state index contributed by atoms with van der Waals surface area (Å²) in [5, 5.41) is 3.55. The van der Waals surface area contributed by atoms with Gasteiger partial charge in [0.05, 0.1) is 5.70 Å². The Balaban J connectivity index is 2.04. The van der Waals surface area contributed by atoms with Gasteiger partial charge in [-0.25, -0.2) is 0 Å². The largest absolute Gasteiger partial charge is 0.307 e. The molecule has 0 aliphatic heterocycles. The van der Waals surface area contributed by atoms with Crippen LogP contribution in [-0.2, 0) is 6.54 Å². The van der Waals surface area contributed by atoms with Crippen LogP contribution in [0.5, 0.6) is 0 Å². The lowest BCUT2D eigenvalue weighted by Gasteiger charge is -2.10. The van der Waals surface area contributed by atoms with Gasteiger partial charge in [0.15, 0.2) is 0 Å². The molecule has 2 rings (SSSR count). The number of hydrogen-bond acceptors (Lipinski definition) is 2. The molecule has 128 valence electrons. The quantitative estimate of drug-likeness (QED) is 0.505. The highest BCUT2D eigenvalue weighted by atomic mass is 14.9. The van der Waals surface area contributed by atoms with E-state index >= 15 is 0 Å². The highest BCUT2D eigenvalue weighted by molar-refractivity contribution is 5.87. The van der Waals surface area contributed by atoms with Gasteiger partial charge in [0.1, 0.15) is 0 Å². The van der Waals surface area contributed by atoms with Crippen LogP contribution in [0.25, 0.3) is 0 Å². The van der Waals surface area contributed by atoms with E-state index in [-0.39, 0.29) is 0 Å². The van der Waals surface area contributed by atoms with Crippen molar-refractivity contribution >= 4 is 5.71 Å². The minimum atomic E-state index is 0.712. The molecule has 1 saturated carbocycles. The van der Waals surface area contributed by atoms with Crippen molar-refractivity contribution in [2.24, 2.45) is 10.9 Å². The molecule has 1 aliphatic carbocycles. The number of allylic oxidation sites excluding steroid dienone is 5. The molecule has 1 fully saturated rings. The standard InChI is InChI=1S/C22H30N2/c1-5-6-7-10-18(3)22(24-19(4)21-12-13-21)16-23-15-20-11-8-9-17(2)14-20/h5-11,14,21,23H,12-13,15-16H2,1-4H3/b6-5-,10-7-,22-18+,24-19?. The van der Waals surface area contributed by atoms with Gasteiger partial charge in [-0.15, -0.1) is 0 Å². The molecule has 2 nitrogen and oxygen atoms in total. The second-order valence-corrected chi connectivity index (χ2v) is 6.63. The van der Waals surface area contributed by atoms with Gasteiger partial charge in [0.2, 0.25) is 0 Å². The zero-order valence-electron chi connectivity index (χ0n) is 15.5. The first-order valence-electron chi connectivity index (χ1n) is 8.90. The predicted molar refractivity (Wildman–Crippen MR) is 105 cm³/mol. The molecule has 0 amide bonds. The molecule has 1 aromatic rings. The van der Waals surface area contributed by atoms with Crippen molar-refractivity contribution in [3.8, 4) is 0 Å². The lowest BCUT2D eigenvalue weighted by Crippen LogP contribution is -2.17. The average molecular weight is 322 g/mol. The van der Waals surface area contributed by atoms with E-state index in [1.54, 1.807) is 0 Å². The highest BCUT2D eigenvalue weighted by Gasteiger charge is 2.24. The Hall–Kier alpha value is -1.93. The van der Waals surface area contributed by atoms with Crippen molar-refractivity contribution in [3.05, 3.63) is 71.0 Å². The monoisotopic (exact) mass is 322 g/mol. The van der Waals surface area contributed by atoms with Crippen LogP contribution in [0.2, 0.25) is 0 Å². The Labute approximate surface area is 147 Å². The van der Waals surface area contributed by atoms with E-state index in [0.29, 0.717) is 5.92 Å². The number of hydrogen-bond donors (Lipinski definition) is 1. The Morgan fingerprint density at radius 2 is 2.04 bits per heavy atom. The van der Waals surface area contributed by atoms with Gasteiger partial charge in [-0.3, -0.25) is 4.99 Å². The maximum atomic E-state index is 4.92. The van der Waals surface area contributed by atoms with Gasteiger partial charge in [-0.2, -0.15) is 0 Å². The molecule has 0 saturated heterocycles. The fourth-order valence-corrected chi connectivity index (χ4v) is 2.63. The molecule has 2 heteroatoms. The molecule has 0 unspecified atom stereocenters. The summed E-state index contributed by atoms with van der Waals surface area (Å²) in [4.78, 5) is 4.92. The predicted octanol–water partition coefficient (Wildman–Crippen LogP) is 5.36. The first-order chi connectivity index (χ1) is 11.6. The maximum Gasteiger partial charge on any atom is 0.0570 e. The van der Waals surface area contributed by atoms with Crippen molar-refractivity contribution in [1.29, 1.82) is 0 Å². The summed E-state index contributed by atoms with van der Waals surface area (Å²) < 4.78 is 0. The average Bonchev–Trinajstić information content (AvgIpc) is 3.39. The summed E-state index contributed by atoms with van der Waals surface area (Å²) in [5.74, 6) is 0.712. The molecule has 0 spiro atoms. The summed E-state index contributed by atoms with van der Waals surface area (Å²) in [5.41, 5.74) is 6.27. The van der Waals surface area contributed by atoms with Crippen LogP contribution in [0.4, 0.5) is 0 Å². The highest BCUT2D eigenvalue weighted by Crippen LogP contribution is 2.31. The second kappa shape index (κ2) is 9.39. The van der Waals surface area contributed by atoms with Gasteiger partial charge in [0.25, 0.3) is 0 Å². The fraction of sp³-hybridized carbons (Fsp3) is 0.409. The molecule has 1 aromatic carbocycles. The molecule has 0 radical (unpaired) electrons. The fourth-order valence-electron chi connectivity index (χ4n) is 2.63. The number of rotatable bonds is 8. The smallest absolute Gasteiger partial charge is 0.0570 e. The summed E-state index contributed by atoms with van der Waals surface area (Å²) >= 11 is 0. The summed E-state index contributed by atoms with van der Waals surface area (Å²) in [6.45, 7) is 10.1. The summed E-state index contributed by atoms with van der Waals surface area (Å²) in [6, 6.07) is 8.65. The lowest BCUT2D eigenvalue weighted by atomic mass is 10.1. The number of aliphatic imine (C=N–C) groups is 1. The number of nitrogens with zero attached hydrogens (tertiary/aromatic N) is 1. The Kier molecular flexibility index (Phi) is 7.20. The Morgan fingerprint density at radius 1 is 1.25 bits per heavy atom. The van der Waals surface area contributed by atoms with Gasteiger partial charge < -0.3 is 5.32 Å². The SMILES string of the molecule is C\C=C/C=C\C(C)=C(/CNCc1cccc(C)c1)N=C(C)C1CC1. The van der Waals surface area contributed by atoms with Crippen LogP contribution in [0, 0.1) is 12.8 Å². The van der Waals surface area contributed by atoms with E-state index in [1.165, 1.54) is 35.3 Å². The van der Waals surface area contributed by atoms with E-state index < -0.39 is 0 Å². The van der Waals surface area contributed by atoms with Gasteiger partial charge in [-0.1, -0.05) is 54.1 Å². The maximum absolute atomic E-state index is 4.92. The summed E-state index contributed by atoms with van der Waals surface area (Å²) in [6.07, 6.45) is 10.9. The number of aryl methyl sites for hydroxylation is 1. The molecule has 1 aliphatic rings. The second-order valence-electron chi connectivity index (χ2n) is 6.63. The van der Waals surface area contributed by atoms with Crippen LogP contribution in [0.1, 0.15) is 44.7 Å². The minimum Gasteiger partial charge on any atom is -0.307 e. The molecule has 1 N–H and O–H groups in total. The minimum absolute atomic E-state index is 0.712. The van der Waals surface area contributed by atoms with Crippen molar-refractivity contribution in [2.75, 3.05) is 6.54 Å². The van der Waals surface area contributed by atoms with Crippen LogP contribution in [0.15, 0.2) is 64.8 Å². The molecule has 24 heavy (non-hydrogen) atoms. The van der Waals surface area contributed by atoms with Crippen molar-refractivity contribution in [3.63, 3.8) is 0 Å². The topological polar surface area (TPSA) is 24.4 Å². The van der Waals surface area contributed by atoms with Crippen molar-refractivity contribution in [1.82, 2.24) is 5.32 Å². The molecule has 0 aromatic heterocycles. The van der Waals surface area contributed by atoms with Crippen molar-refractivity contribution in [2.45, 2.75) is 47.1 Å². The van der Waals surface area contributed by atoms with Crippen LogP contribution in [-0.4, -0.2) is 12.3 Å². The third kappa shape index (κ3) is 6.29.